The molecule has 1 atom stereocenters. The first-order chi connectivity index (χ1) is 10.9. The topological polar surface area (TPSA) is 64.2 Å². The summed E-state index contributed by atoms with van der Waals surface area (Å²) in [6.45, 7) is 6.70. The number of anilines is 2. The third kappa shape index (κ3) is 2.50. The van der Waals surface area contributed by atoms with Gasteiger partial charge in [0.05, 0.1) is 11.6 Å². The lowest BCUT2D eigenvalue weighted by Gasteiger charge is -2.32. The molecule has 0 saturated heterocycles. The molecule has 2 heterocycles. The average Bonchev–Trinajstić information content (AvgIpc) is 2.78. The van der Waals surface area contributed by atoms with Crippen molar-refractivity contribution in [2.24, 2.45) is 7.05 Å². The van der Waals surface area contributed by atoms with Gasteiger partial charge in [0.25, 0.3) is 0 Å². The molecule has 23 heavy (non-hydrogen) atoms. The van der Waals surface area contributed by atoms with Crippen LogP contribution in [-0.2, 0) is 18.3 Å². The van der Waals surface area contributed by atoms with Crippen LogP contribution < -0.4 is 10.6 Å². The zero-order chi connectivity index (χ0) is 16.7. The van der Waals surface area contributed by atoms with Gasteiger partial charge in [0, 0.05) is 36.2 Å². The molecule has 2 aromatic rings. The first-order valence-corrected chi connectivity index (χ1v) is 8.10. The van der Waals surface area contributed by atoms with Crippen molar-refractivity contribution in [2.45, 2.75) is 39.5 Å². The maximum atomic E-state index is 13.1. The number of fused-ring (bicyclic) bond motifs is 1. The molecule has 1 aromatic carbocycles. The summed E-state index contributed by atoms with van der Waals surface area (Å²) >= 11 is 0. The molecular formula is C18H24N4O. The van der Waals surface area contributed by atoms with Crippen molar-refractivity contribution in [3.05, 3.63) is 40.7 Å². The maximum absolute atomic E-state index is 13.1. The molecule has 0 bridgehead atoms. The van der Waals surface area contributed by atoms with Crippen molar-refractivity contribution in [3.8, 4) is 0 Å². The summed E-state index contributed by atoms with van der Waals surface area (Å²) in [5.74, 6) is -0.0909. The quantitative estimate of drug-likeness (QED) is 0.867. The summed E-state index contributed by atoms with van der Waals surface area (Å²) in [4.78, 5) is 15.0. The van der Waals surface area contributed by atoms with E-state index in [1.54, 1.807) is 0 Å². The Labute approximate surface area is 137 Å². The Kier molecular flexibility index (Phi) is 3.88. The fourth-order valence-corrected chi connectivity index (χ4v) is 3.65. The van der Waals surface area contributed by atoms with Crippen molar-refractivity contribution in [1.29, 1.82) is 0 Å². The second kappa shape index (κ2) is 5.72. The van der Waals surface area contributed by atoms with E-state index in [0.29, 0.717) is 0 Å². The van der Waals surface area contributed by atoms with Gasteiger partial charge in [-0.25, -0.2) is 0 Å². The Morgan fingerprint density at radius 3 is 2.74 bits per heavy atom. The summed E-state index contributed by atoms with van der Waals surface area (Å²) in [6, 6.07) is 5.83. The number of amides is 1. The number of nitrogens with two attached hydrogens (primary N) is 1. The van der Waals surface area contributed by atoms with E-state index in [1.807, 2.05) is 55.6 Å². The minimum atomic E-state index is -0.212. The normalized spacial score (nSPS) is 15.4. The highest BCUT2D eigenvalue weighted by Gasteiger charge is 2.30. The highest BCUT2D eigenvalue weighted by Crippen LogP contribution is 2.34. The lowest BCUT2D eigenvalue weighted by atomic mass is 9.94. The molecular weight excluding hydrogens is 288 g/mol. The Balaban J connectivity index is 1.97. The van der Waals surface area contributed by atoms with E-state index >= 15 is 0 Å². The van der Waals surface area contributed by atoms with Gasteiger partial charge in [0.2, 0.25) is 5.91 Å². The molecule has 3 rings (SSSR count). The predicted octanol–water partition coefficient (Wildman–Crippen LogP) is 2.70. The van der Waals surface area contributed by atoms with Crippen LogP contribution in [0.3, 0.4) is 0 Å². The van der Waals surface area contributed by atoms with Crippen LogP contribution in [0, 0.1) is 13.8 Å². The molecule has 5 nitrogen and oxygen atoms in total. The Morgan fingerprint density at radius 1 is 1.35 bits per heavy atom. The SMILES string of the molecule is Cc1nn(C)c(C)c1C(C)C(=O)N1CCCc2c(N)cccc21. The zero-order valence-corrected chi connectivity index (χ0v) is 14.3. The van der Waals surface area contributed by atoms with Crippen molar-refractivity contribution in [1.82, 2.24) is 9.78 Å². The van der Waals surface area contributed by atoms with Crippen LogP contribution in [0.2, 0.25) is 0 Å². The second-order valence-electron chi connectivity index (χ2n) is 6.37. The summed E-state index contributed by atoms with van der Waals surface area (Å²) < 4.78 is 1.84. The summed E-state index contributed by atoms with van der Waals surface area (Å²) in [7, 11) is 1.92. The van der Waals surface area contributed by atoms with Crippen LogP contribution in [-0.4, -0.2) is 22.2 Å². The molecule has 5 heteroatoms. The average molecular weight is 312 g/mol. The molecule has 0 aliphatic carbocycles. The number of nitrogen functional groups attached to an aromatic ring is 1. The van der Waals surface area contributed by atoms with Gasteiger partial charge in [-0.3, -0.25) is 9.48 Å². The molecule has 122 valence electrons. The number of benzene rings is 1. The first kappa shape index (κ1) is 15.6. The van der Waals surface area contributed by atoms with E-state index in [9.17, 15) is 4.79 Å². The van der Waals surface area contributed by atoms with Crippen LogP contribution in [0.15, 0.2) is 18.2 Å². The minimum absolute atomic E-state index is 0.121. The molecule has 1 aromatic heterocycles. The van der Waals surface area contributed by atoms with E-state index in [4.69, 9.17) is 5.73 Å². The standard InChI is InChI=1S/C18H24N4O/c1-11(17-12(2)20-21(4)13(17)3)18(23)22-10-6-7-14-15(19)8-5-9-16(14)22/h5,8-9,11H,6-7,10,19H2,1-4H3. The largest absolute Gasteiger partial charge is 0.398 e. The molecule has 2 N–H and O–H groups in total. The lowest BCUT2D eigenvalue weighted by Crippen LogP contribution is -2.38. The number of aryl methyl sites for hydroxylation is 2. The molecule has 0 spiro atoms. The van der Waals surface area contributed by atoms with Crippen LogP contribution >= 0.6 is 0 Å². The number of carbonyl (C=O) groups excluding carboxylic acids is 1. The molecule has 1 aliphatic heterocycles. The summed E-state index contributed by atoms with van der Waals surface area (Å²) in [6.07, 6.45) is 1.88. The fraction of sp³-hybridized carbons (Fsp3) is 0.444. The van der Waals surface area contributed by atoms with Crippen molar-refractivity contribution < 1.29 is 4.79 Å². The fourth-order valence-electron chi connectivity index (χ4n) is 3.65. The predicted molar refractivity (Wildman–Crippen MR) is 92.6 cm³/mol. The van der Waals surface area contributed by atoms with Gasteiger partial charge in [-0.1, -0.05) is 6.07 Å². The highest BCUT2D eigenvalue weighted by atomic mass is 16.2. The van der Waals surface area contributed by atoms with E-state index in [1.165, 1.54) is 0 Å². The van der Waals surface area contributed by atoms with Crippen LogP contribution in [0.4, 0.5) is 11.4 Å². The number of nitrogens with zero attached hydrogens (tertiary/aromatic N) is 3. The van der Waals surface area contributed by atoms with Crippen molar-refractivity contribution in [3.63, 3.8) is 0 Å². The van der Waals surface area contributed by atoms with E-state index < -0.39 is 0 Å². The van der Waals surface area contributed by atoms with E-state index in [2.05, 4.69) is 5.10 Å². The maximum Gasteiger partial charge on any atom is 0.234 e. The number of hydrogen-bond donors (Lipinski definition) is 1. The second-order valence-corrected chi connectivity index (χ2v) is 6.37. The molecule has 0 radical (unpaired) electrons. The minimum Gasteiger partial charge on any atom is -0.398 e. The number of aromatic nitrogens is 2. The molecule has 0 fully saturated rings. The smallest absolute Gasteiger partial charge is 0.234 e. The third-order valence-corrected chi connectivity index (χ3v) is 4.92. The molecule has 1 unspecified atom stereocenters. The first-order valence-electron chi connectivity index (χ1n) is 8.10. The van der Waals surface area contributed by atoms with Crippen molar-refractivity contribution >= 4 is 17.3 Å². The van der Waals surface area contributed by atoms with E-state index in [0.717, 1.165) is 53.3 Å². The zero-order valence-electron chi connectivity index (χ0n) is 14.3. The molecule has 1 amide bonds. The van der Waals surface area contributed by atoms with Crippen LogP contribution in [0.1, 0.15) is 41.8 Å². The number of carbonyl (C=O) groups is 1. The Hall–Kier alpha value is -2.30. The molecule has 1 aliphatic rings. The van der Waals surface area contributed by atoms with Gasteiger partial charge < -0.3 is 10.6 Å². The van der Waals surface area contributed by atoms with Gasteiger partial charge in [-0.2, -0.15) is 5.10 Å². The van der Waals surface area contributed by atoms with Crippen molar-refractivity contribution in [2.75, 3.05) is 17.2 Å². The number of hydrogen-bond acceptors (Lipinski definition) is 3. The van der Waals surface area contributed by atoms with Crippen LogP contribution in [0.5, 0.6) is 0 Å². The van der Waals surface area contributed by atoms with Gasteiger partial charge in [0.15, 0.2) is 0 Å². The van der Waals surface area contributed by atoms with Crippen LogP contribution in [0.25, 0.3) is 0 Å². The Morgan fingerprint density at radius 2 is 2.09 bits per heavy atom. The summed E-state index contributed by atoms with van der Waals surface area (Å²) in [5.41, 5.74) is 11.9. The van der Waals surface area contributed by atoms with Gasteiger partial charge in [-0.15, -0.1) is 0 Å². The van der Waals surface area contributed by atoms with E-state index in [-0.39, 0.29) is 11.8 Å². The Bertz CT molecular complexity index is 763. The number of rotatable bonds is 2. The van der Waals surface area contributed by atoms with Gasteiger partial charge in [0.1, 0.15) is 0 Å². The van der Waals surface area contributed by atoms with Gasteiger partial charge in [-0.05, 0) is 51.3 Å². The monoisotopic (exact) mass is 312 g/mol. The highest BCUT2D eigenvalue weighted by molar-refractivity contribution is 5.99. The molecule has 0 saturated carbocycles. The summed E-state index contributed by atoms with van der Waals surface area (Å²) in [5, 5.41) is 4.44. The third-order valence-electron chi connectivity index (χ3n) is 4.92. The lowest BCUT2D eigenvalue weighted by molar-refractivity contribution is -0.119. The van der Waals surface area contributed by atoms with Gasteiger partial charge >= 0.3 is 0 Å².